The number of hydrogen-bond donors (Lipinski definition) is 3. The smallest absolute Gasteiger partial charge is 0.334 e. The molecule has 0 aromatic heterocycles. The van der Waals surface area contributed by atoms with Crippen LogP contribution in [-0.2, 0) is 16.9 Å². The summed E-state index contributed by atoms with van der Waals surface area (Å²) in [6.45, 7) is 8.00. The lowest BCUT2D eigenvalue weighted by Gasteiger charge is -2.31. The van der Waals surface area contributed by atoms with Crippen molar-refractivity contribution in [2.75, 3.05) is 5.32 Å². The molecule has 0 aliphatic rings. The molecule has 5 nitrogen and oxygen atoms in total. The fourth-order valence-electron chi connectivity index (χ4n) is 2.93. The first kappa shape index (κ1) is 22.2. The van der Waals surface area contributed by atoms with E-state index in [9.17, 15) is 15.0 Å². The molecule has 6 heteroatoms. The summed E-state index contributed by atoms with van der Waals surface area (Å²) in [6.07, 6.45) is 0.276. The van der Waals surface area contributed by atoms with Crippen LogP contribution >= 0.6 is 0 Å². The second-order valence-corrected chi connectivity index (χ2v) is 12.7. The van der Waals surface area contributed by atoms with Gasteiger partial charge in [0.1, 0.15) is 8.07 Å². The minimum absolute atomic E-state index is 0.203. The van der Waals surface area contributed by atoms with Gasteiger partial charge in [0, 0.05) is 11.3 Å². The summed E-state index contributed by atoms with van der Waals surface area (Å²) in [5, 5.41) is 31.9. The van der Waals surface area contributed by atoms with Crippen molar-refractivity contribution in [2.24, 2.45) is 0 Å². The zero-order chi connectivity index (χ0) is 21.7. The van der Waals surface area contributed by atoms with Crippen LogP contribution in [0.1, 0.15) is 35.6 Å². The third-order valence-corrected chi connectivity index (χ3v) is 5.39. The highest BCUT2D eigenvalue weighted by molar-refractivity contribution is 6.83. The highest BCUT2D eigenvalue weighted by Crippen LogP contribution is 2.32. The van der Waals surface area contributed by atoms with Crippen molar-refractivity contribution in [2.45, 2.75) is 45.1 Å². The number of nitriles is 1. The molecular weight excluding hydrogens is 380 g/mol. The molecule has 0 aliphatic heterocycles. The van der Waals surface area contributed by atoms with Gasteiger partial charge < -0.3 is 15.5 Å². The normalized spacial score (nSPS) is 12.8. The highest BCUT2D eigenvalue weighted by atomic mass is 28.3. The van der Waals surface area contributed by atoms with Crippen LogP contribution in [0, 0.1) is 22.8 Å². The SMILES string of the molecule is CCC(Nc1ccc(C#N)cc1)(C(=O)O)c1cc(C#C[Si](C)(C)C)cc(CO)c1. The van der Waals surface area contributed by atoms with Crippen molar-refractivity contribution in [3.05, 3.63) is 64.7 Å². The second-order valence-electron chi connectivity index (χ2n) is 7.95. The van der Waals surface area contributed by atoms with Gasteiger partial charge in [-0.3, -0.25) is 0 Å². The van der Waals surface area contributed by atoms with Crippen LogP contribution in [0.3, 0.4) is 0 Å². The number of aliphatic hydroxyl groups excluding tert-OH is 1. The lowest BCUT2D eigenvalue weighted by molar-refractivity contribution is -0.142. The average Bonchev–Trinajstić information content (AvgIpc) is 2.70. The van der Waals surface area contributed by atoms with E-state index >= 15 is 0 Å². The molecule has 2 aromatic rings. The van der Waals surface area contributed by atoms with Crippen LogP contribution in [0.2, 0.25) is 19.6 Å². The molecule has 29 heavy (non-hydrogen) atoms. The van der Waals surface area contributed by atoms with E-state index in [-0.39, 0.29) is 13.0 Å². The van der Waals surface area contributed by atoms with Crippen LogP contribution in [0.5, 0.6) is 0 Å². The number of nitrogens with zero attached hydrogens (tertiary/aromatic N) is 1. The number of rotatable bonds is 6. The molecule has 0 saturated heterocycles. The van der Waals surface area contributed by atoms with Crippen molar-refractivity contribution >= 4 is 19.7 Å². The summed E-state index contributed by atoms with van der Waals surface area (Å²) in [7, 11) is -1.61. The van der Waals surface area contributed by atoms with Gasteiger partial charge in [0.15, 0.2) is 5.54 Å². The molecule has 0 aliphatic carbocycles. The molecule has 1 unspecified atom stereocenters. The van der Waals surface area contributed by atoms with E-state index in [2.05, 4.69) is 42.5 Å². The quantitative estimate of drug-likeness (QED) is 0.496. The van der Waals surface area contributed by atoms with Crippen molar-refractivity contribution in [3.8, 4) is 17.5 Å². The summed E-state index contributed by atoms with van der Waals surface area (Å²) < 4.78 is 0. The van der Waals surface area contributed by atoms with Crippen LogP contribution < -0.4 is 5.32 Å². The van der Waals surface area contributed by atoms with Gasteiger partial charge in [-0.25, -0.2) is 4.79 Å². The largest absolute Gasteiger partial charge is 0.479 e. The molecule has 0 amide bonds. The molecule has 3 N–H and O–H groups in total. The van der Waals surface area contributed by atoms with Gasteiger partial charge in [0.05, 0.1) is 18.2 Å². The monoisotopic (exact) mass is 406 g/mol. The molecule has 0 fully saturated rings. The third-order valence-electron chi connectivity index (χ3n) is 4.52. The molecule has 0 heterocycles. The molecule has 150 valence electrons. The Labute approximate surface area is 173 Å². The van der Waals surface area contributed by atoms with Crippen LogP contribution in [0.15, 0.2) is 42.5 Å². The summed E-state index contributed by atoms with van der Waals surface area (Å²) in [5.74, 6) is 2.13. The molecule has 0 bridgehead atoms. The van der Waals surface area contributed by atoms with Gasteiger partial charge in [-0.05, 0) is 53.9 Å². The number of aliphatic carboxylic acids is 1. The van der Waals surface area contributed by atoms with Gasteiger partial charge in [-0.2, -0.15) is 5.26 Å². The number of carboxylic acid groups (broad SMARTS) is 1. The minimum atomic E-state index is -1.61. The number of hydrogen-bond acceptors (Lipinski definition) is 4. The Kier molecular flexibility index (Phi) is 6.87. The molecular formula is C23H26N2O3Si. The fraction of sp³-hybridized carbons (Fsp3) is 0.304. The standard InChI is InChI=1S/C23H26N2O3Si/c1-5-23(22(27)28,25-21-8-6-17(15-24)7-9-21)20-13-18(10-11-29(2,3)4)12-19(14-20)16-26/h6-9,12-14,25-26H,5,16H2,1-4H3,(H,27,28). The second kappa shape index (κ2) is 8.96. The molecule has 2 rings (SSSR count). The highest BCUT2D eigenvalue weighted by Gasteiger charge is 2.39. The van der Waals surface area contributed by atoms with Crippen LogP contribution in [0.25, 0.3) is 0 Å². The van der Waals surface area contributed by atoms with Gasteiger partial charge in [0.25, 0.3) is 0 Å². The summed E-state index contributed by atoms with van der Waals surface area (Å²) in [4.78, 5) is 12.4. The Balaban J connectivity index is 2.59. The number of anilines is 1. The van der Waals surface area contributed by atoms with Crippen molar-refractivity contribution < 1.29 is 15.0 Å². The Morgan fingerprint density at radius 3 is 2.28 bits per heavy atom. The van der Waals surface area contributed by atoms with Gasteiger partial charge in [0.2, 0.25) is 0 Å². The predicted octanol–water partition coefficient (Wildman–Crippen LogP) is 4.08. The maximum Gasteiger partial charge on any atom is 0.334 e. The maximum atomic E-state index is 12.4. The van der Waals surface area contributed by atoms with Gasteiger partial charge in [-0.1, -0.05) is 38.6 Å². The molecule has 2 aromatic carbocycles. The zero-order valence-electron chi connectivity index (χ0n) is 17.2. The predicted molar refractivity (Wildman–Crippen MR) is 117 cm³/mol. The Morgan fingerprint density at radius 1 is 1.14 bits per heavy atom. The third kappa shape index (κ3) is 5.48. The zero-order valence-corrected chi connectivity index (χ0v) is 18.2. The number of carboxylic acids is 1. The average molecular weight is 407 g/mol. The fourth-order valence-corrected chi connectivity index (χ4v) is 3.45. The molecule has 1 atom stereocenters. The van der Waals surface area contributed by atoms with E-state index in [4.69, 9.17) is 5.26 Å². The van der Waals surface area contributed by atoms with E-state index in [1.807, 2.05) is 0 Å². The van der Waals surface area contributed by atoms with Crippen LogP contribution in [0.4, 0.5) is 5.69 Å². The van der Waals surface area contributed by atoms with Crippen molar-refractivity contribution in [1.82, 2.24) is 0 Å². The first-order valence-corrected chi connectivity index (χ1v) is 12.9. The summed E-state index contributed by atoms with van der Waals surface area (Å²) in [6, 6.07) is 14.0. The van der Waals surface area contributed by atoms with E-state index in [0.29, 0.717) is 27.9 Å². The number of benzene rings is 2. The Bertz CT molecular complexity index is 992. The van der Waals surface area contributed by atoms with E-state index in [0.717, 1.165) is 0 Å². The molecule has 0 spiro atoms. The summed E-state index contributed by atoms with van der Waals surface area (Å²) >= 11 is 0. The first-order chi connectivity index (χ1) is 13.6. The topological polar surface area (TPSA) is 93.4 Å². The Morgan fingerprint density at radius 2 is 1.79 bits per heavy atom. The van der Waals surface area contributed by atoms with Gasteiger partial charge >= 0.3 is 5.97 Å². The molecule has 0 saturated carbocycles. The maximum absolute atomic E-state index is 12.4. The van der Waals surface area contributed by atoms with E-state index in [1.165, 1.54) is 0 Å². The molecule has 0 radical (unpaired) electrons. The lowest BCUT2D eigenvalue weighted by Crippen LogP contribution is -2.43. The number of aliphatic hydroxyl groups is 1. The minimum Gasteiger partial charge on any atom is -0.479 e. The Hall–Kier alpha value is -3.06. The van der Waals surface area contributed by atoms with E-state index in [1.54, 1.807) is 49.4 Å². The van der Waals surface area contributed by atoms with Crippen molar-refractivity contribution in [3.63, 3.8) is 0 Å². The van der Waals surface area contributed by atoms with Gasteiger partial charge in [-0.15, -0.1) is 5.54 Å². The van der Waals surface area contributed by atoms with Crippen LogP contribution in [-0.4, -0.2) is 24.3 Å². The number of nitrogens with one attached hydrogen (secondary N) is 1. The van der Waals surface area contributed by atoms with Crippen molar-refractivity contribution in [1.29, 1.82) is 5.26 Å². The summed E-state index contributed by atoms with van der Waals surface area (Å²) in [5.41, 5.74) is 4.82. The number of carbonyl (C=O) groups is 1. The van der Waals surface area contributed by atoms with E-state index < -0.39 is 19.6 Å². The first-order valence-electron chi connectivity index (χ1n) is 9.44. The lowest BCUT2D eigenvalue weighted by atomic mass is 9.85.